The van der Waals surface area contributed by atoms with Crippen molar-refractivity contribution in [3.05, 3.63) is 80.4 Å². The van der Waals surface area contributed by atoms with Crippen LogP contribution < -0.4 is 5.43 Å². The van der Waals surface area contributed by atoms with E-state index in [0.717, 1.165) is 33.2 Å². The van der Waals surface area contributed by atoms with Gasteiger partial charge in [0.15, 0.2) is 5.82 Å². The molecule has 1 atom stereocenters. The molecule has 0 unspecified atom stereocenters. The minimum absolute atomic E-state index is 0.0319. The third kappa shape index (κ3) is 4.42. The molecule has 3 aromatic heterocycles. The summed E-state index contributed by atoms with van der Waals surface area (Å²) in [5, 5.41) is 14.3. The van der Waals surface area contributed by atoms with Crippen LogP contribution in [0.2, 0.25) is 5.02 Å². The molecular weight excluding hydrogens is 486 g/mol. The summed E-state index contributed by atoms with van der Waals surface area (Å²) in [5.41, 5.74) is 6.38. The van der Waals surface area contributed by atoms with E-state index in [4.69, 9.17) is 21.0 Å². The largest absolute Gasteiger partial charge is 0.441 e. The van der Waals surface area contributed by atoms with E-state index < -0.39 is 6.04 Å². The van der Waals surface area contributed by atoms with Crippen molar-refractivity contribution in [1.29, 1.82) is 0 Å². The van der Waals surface area contributed by atoms with Gasteiger partial charge in [-0.15, -0.1) is 21.5 Å². The van der Waals surface area contributed by atoms with Crippen LogP contribution in [0.15, 0.2) is 45.0 Å². The van der Waals surface area contributed by atoms with Gasteiger partial charge in [-0.05, 0) is 45.4 Å². The average molecular weight is 508 g/mol. The zero-order valence-corrected chi connectivity index (χ0v) is 21.1. The highest BCUT2D eigenvalue weighted by molar-refractivity contribution is 7.15. The van der Waals surface area contributed by atoms with Crippen molar-refractivity contribution in [2.24, 2.45) is 10.1 Å². The predicted molar refractivity (Wildman–Crippen MR) is 135 cm³/mol. The van der Waals surface area contributed by atoms with E-state index in [9.17, 15) is 4.79 Å². The molecule has 0 spiro atoms. The number of nitrogens with zero attached hydrogens (tertiary/aromatic N) is 6. The van der Waals surface area contributed by atoms with E-state index in [1.54, 1.807) is 24.5 Å². The Bertz CT molecular complexity index is 1480. The van der Waals surface area contributed by atoms with Gasteiger partial charge < -0.3 is 4.42 Å². The quantitative estimate of drug-likeness (QED) is 0.312. The van der Waals surface area contributed by atoms with Crippen molar-refractivity contribution in [2.75, 3.05) is 0 Å². The van der Waals surface area contributed by atoms with Crippen molar-refractivity contribution < 1.29 is 9.21 Å². The number of carbonyl (C=O) groups is 1. The topological polar surface area (TPSA) is 111 Å². The highest BCUT2D eigenvalue weighted by Crippen LogP contribution is 2.39. The number of aromatic nitrogens is 4. The fourth-order valence-corrected chi connectivity index (χ4v) is 5.29. The summed E-state index contributed by atoms with van der Waals surface area (Å²) in [6.07, 6.45) is 2.97. The summed E-state index contributed by atoms with van der Waals surface area (Å²) < 4.78 is 7.34. The Kier molecular flexibility index (Phi) is 6.08. The first-order valence-electron chi connectivity index (χ1n) is 10.9. The molecule has 1 N–H and O–H groups in total. The average Bonchev–Trinajstić information content (AvgIpc) is 3.47. The number of aliphatic imine (C=N–C) groups is 1. The van der Waals surface area contributed by atoms with Crippen molar-refractivity contribution >= 4 is 40.8 Å². The summed E-state index contributed by atoms with van der Waals surface area (Å²) in [7, 11) is 0. The third-order valence-corrected chi connectivity index (χ3v) is 7.18. The highest BCUT2D eigenvalue weighted by atomic mass is 35.5. The first-order chi connectivity index (χ1) is 16.8. The zero-order valence-electron chi connectivity index (χ0n) is 19.5. The summed E-state index contributed by atoms with van der Waals surface area (Å²) in [6.45, 7) is 7.86. The van der Waals surface area contributed by atoms with Crippen molar-refractivity contribution in [1.82, 2.24) is 25.2 Å². The van der Waals surface area contributed by atoms with Crippen LogP contribution >= 0.6 is 22.9 Å². The predicted octanol–water partition coefficient (Wildman–Crippen LogP) is 4.64. The fourth-order valence-electron chi connectivity index (χ4n) is 3.95. The molecule has 1 aliphatic rings. The number of nitrogens with one attached hydrogen (secondary N) is 1. The molecule has 0 saturated heterocycles. The van der Waals surface area contributed by atoms with Crippen LogP contribution in [0.4, 0.5) is 0 Å². The van der Waals surface area contributed by atoms with Crippen LogP contribution in [0.5, 0.6) is 0 Å². The van der Waals surface area contributed by atoms with Gasteiger partial charge in [-0.3, -0.25) is 14.4 Å². The van der Waals surface area contributed by atoms with Gasteiger partial charge in [0.2, 0.25) is 11.8 Å². The smallest absolute Gasteiger partial charge is 0.242 e. The number of thiophene rings is 1. The number of hydrazone groups is 1. The van der Waals surface area contributed by atoms with Crippen LogP contribution in [0.1, 0.15) is 57.3 Å². The Morgan fingerprint density at radius 2 is 2.00 bits per heavy atom. The number of carbonyl (C=O) groups excluding carboxylic acids is 1. The number of amides is 1. The highest BCUT2D eigenvalue weighted by Gasteiger charge is 2.32. The zero-order chi connectivity index (χ0) is 24.7. The van der Waals surface area contributed by atoms with Gasteiger partial charge in [-0.25, -0.2) is 10.4 Å². The van der Waals surface area contributed by atoms with Crippen LogP contribution in [0.3, 0.4) is 0 Å². The van der Waals surface area contributed by atoms with E-state index in [1.165, 1.54) is 11.1 Å². The van der Waals surface area contributed by atoms with E-state index >= 15 is 0 Å². The van der Waals surface area contributed by atoms with Gasteiger partial charge in [0, 0.05) is 21.0 Å². The third-order valence-electron chi connectivity index (χ3n) is 5.74. The first-order valence-corrected chi connectivity index (χ1v) is 12.1. The van der Waals surface area contributed by atoms with Gasteiger partial charge in [0.05, 0.1) is 18.3 Å². The number of halogens is 1. The van der Waals surface area contributed by atoms with E-state index in [1.807, 2.05) is 35.8 Å². The number of rotatable bonds is 5. The van der Waals surface area contributed by atoms with E-state index in [0.29, 0.717) is 22.5 Å². The maximum absolute atomic E-state index is 12.8. The molecule has 0 radical (unpaired) electrons. The standard InChI is InChI=1S/C24H22ClN7O2S/c1-12-10-26-20(34-12)11-27-30-19(33)9-18-23-31-29-15(4)32(23)24-21(13(2)14(3)35-24)22(28-18)16-5-7-17(25)8-6-16/h5-8,10-11,18H,9H2,1-4H3,(H,30,33)/b27-11+/t18-/m0/s1. The molecule has 5 rings (SSSR count). The monoisotopic (exact) mass is 507 g/mol. The number of benzene rings is 1. The Labute approximate surface area is 210 Å². The Balaban J connectivity index is 1.54. The van der Waals surface area contributed by atoms with Crippen LogP contribution in [-0.4, -0.2) is 37.6 Å². The molecule has 0 saturated carbocycles. The SMILES string of the molecule is Cc1cnc(/C=N/NC(=O)C[C@@H]2N=C(c3ccc(Cl)cc3)c3c(sc(C)c3C)-n3c(C)nnc32)o1. The Morgan fingerprint density at radius 3 is 2.71 bits per heavy atom. The van der Waals surface area contributed by atoms with Crippen LogP contribution in [-0.2, 0) is 4.79 Å². The van der Waals surface area contributed by atoms with E-state index in [-0.39, 0.29) is 12.3 Å². The van der Waals surface area contributed by atoms with E-state index in [2.05, 4.69) is 39.6 Å². The molecule has 178 valence electrons. The molecule has 1 amide bonds. The Morgan fingerprint density at radius 1 is 1.23 bits per heavy atom. The number of aryl methyl sites for hydroxylation is 3. The molecule has 11 heteroatoms. The summed E-state index contributed by atoms with van der Waals surface area (Å²) >= 11 is 7.81. The molecule has 1 aromatic carbocycles. The fraction of sp³-hybridized carbons (Fsp3) is 0.250. The number of hydrogen-bond acceptors (Lipinski definition) is 8. The summed E-state index contributed by atoms with van der Waals surface area (Å²) in [5.74, 6) is 1.99. The van der Waals surface area contributed by atoms with Gasteiger partial charge in [-0.2, -0.15) is 5.10 Å². The molecule has 0 fully saturated rings. The maximum atomic E-state index is 12.8. The molecular formula is C24H22ClN7O2S. The number of oxazole rings is 1. The second kappa shape index (κ2) is 9.20. The lowest BCUT2D eigenvalue weighted by Gasteiger charge is -2.12. The van der Waals surface area contributed by atoms with Crippen molar-refractivity contribution in [3.8, 4) is 5.00 Å². The second-order valence-corrected chi connectivity index (χ2v) is 9.85. The van der Waals surface area contributed by atoms with Crippen molar-refractivity contribution in [3.63, 3.8) is 0 Å². The summed E-state index contributed by atoms with van der Waals surface area (Å²) in [4.78, 5) is 23.1. The number of fused-ring (bicyclic) bond motifs is 3. The van der Waals surface area contributed by atoms with Gasteiger partial charge in [0.1, 0.15) is 28.8 Å². The molecule has 35 heavy (non-hydrogen) atoms. The summed E-state index contributed by atoms with van der Waals surface area (Å²) in [6, 6.07) is 6.99. The number of hydrogen-bond donors (Lipinski definition) is 1. The van der Waals surface area contributed by atoms with Crippen molar-refractivity contribution in [2.45, 2.75) is 40.2 Å². The van der Waals surface area contributed by atoms with Crippen LogP contribution in [0.25, 0.3) is 5.00 Å². The van der Waals surface area contributed by atoms with Gasteiger partial charge in [-0.1, -0.05) is 23.7 Å². The maximum Gasteiger partial charge on any atom is 0.242 e. The van der Waals surface area contributed by atoms with Crippen LogP contribution in [0, 0.1) is 27.7 Å². The van der Waals surface area contributed by atoms with Gasteiger partial charge in [0.25, 0.3) is 0 Å². The second-order valence-electron chi connectivity index (χ2n) is 8.21. The molecule has 1 aliphatic heterocycles. The molecule has 9 nitrogen and oxygen atoms in total. The minimum Gasteiger partial charge on any atom is -0.441 e. The lowest BCUT2D eigenvalue weighted by atomic mass is 9.99. The first kappa shape index (κ1) is 23.1. The normalized spacial score (nSPS) is 15.0. The minimum atomic E-state index is -0.569. The Hall–Kier alpha value is -3.63. The molecule has 0 aliphatic carbocycles. The molecule has 4 heterocycles. The lowest BCUT2D eigenvalue weighted by Crippen LogP contribution is -2.21. The molecule has 0 bridgehead atoms. The molecule has 4 aromatic rings. The lowest BCUT2D eigenvalue weighted by molar-refractivity contribution is -0.121. The van der Waals surface area contributed by atoms with Gasteiger partial charge >= 0.3 is 0 Å².